The molecular weight excluding hydrogens is 230 g/mol. The molecule has 0 amide bonds. The molecule has 0 heterocycles. The van der Waals surface area contributed by atoms with Crippen molar-refractivity contribution < 1.29 is 4.21 Å². The highest BCUT2D eigenvalue weighted by molar-refractivity contribution is 7.86. The van der Waals surface area contributed by atoms with Crippen molar-refractivity contribution >= 4 is 10.8 Å². The molecule has 96 valence electrons. The Morgan fingerprint density at radius 2 is 1.82 bits per heavy atom. The first-order valence-corrected chi connectivity index (χ1v) is 7.51. The van der Waals surface area contributed by atoms with Gasteiger partial charge in [0, 0.05) is 22.1 Å². The van der Waals surface area contributed by atoms with Crippen LogP contribution in [0.3, 0.4) is 0 Å². The Morgan fingerprint density at radius 1 is 1.24 bits per heavy atom. The molecule has 0 saturated carbocycles. The molecule has 2 nitrogen and oxygen atoms in total. The summed E-state index contributed by atoms with van der Waals surface area (Å²) in [4.78, 5) is 0. The summed E-state index contributed by atoms with van der Waals surface area (Å²) in [6, 6.07) is 10.4. The van der Waals surface area contributed by atoms with Gasteiger partial charge in [0.05, 0.1) is 5.25 Å². The number of nitrogens with one attached hydrogen (secondary N) is 1. The van der Waals surface area contributed by atoms with Crippen LogP contribution in [0.2, 0.25) is 0 Å². The molecule has 3 heteroatoms. The molecule has 0 aliphatic heterocycles. The minimum atomic E-state index is -0.802. The van der Waals surface area contributed by atoms with Crippen molar-refractivity contribution in [3.63, 3.8) is 0 Å². The summed E-state index contributed by atoms with van der Waals surface area (Å²) in [5.41, 5.74) is 1.21. The number of rotatable bonds is 6. The zero-order valence-electron chi connectivity index (χ0n) is 11.1. The third-order valence-corrected chi connectivity index (χ3v) is 5.41. The van der Waals surface area contributed by atoms with Gasteiger partial charge in [0.2, 0.25) is 0 Å². The van der Waals surface area contributed by atoms with Crippen LogP contribution in [0, 0.1) is 0 Å². The van der Waals surface area contributed by atoms with Crippen LogP contribution in [-0.4, -0.2) is 21.8 Å². The van der Waals surface area contributed by atoms with Gasteiger partial charge >= 0.3 is 0 Å². The molecular formula is C14H23NOS. The first-order valence-electron chi connectivity index (χ1n) is 6.23. The third kappa shape index (κ3) is 3.65. The summed E-state index contributed by atoms with van der Waals surface area (Å²) < 4.78 is 12.3. The van der Waals surface area contributed by atoms with Crippen molar-refractivity contribution in [1.82, 2.24) is 5.32 Å². The van der Waals surface area contributed by atoms with E-state index in [4.69, 9.17) is 0 Å². The molecule has 1 N–H and O–H groups in total. The Morgan fingerprint density at radius 3 is 2.29 bits per heavy atom. The molecule has 0 spiro atoms. The molecule has 4 atom stereocenters. The minimum absolute atomic E-state index is 0.123. The van der Waals surface area contributed by atoms with E-state index in [9.17, 15) is 4.21 Å². The van der Waals surface area contributed by atoms with Gasteiger partial charge in [0.1, 0.15) is 0 Å². The van der Waals surface area contributed by atoms with Crippen LogP contribution in [-0.2, 0) is 10.8 Å². The predicted molar refractivity (Wildman–Crippen MR) is 75.6 cm³/mol. The van der Waals surface area contributed by atoms with E-state index in [0.29, 0.717) is 0 Å². The Kier molecular flexibility index (Phi) is 5.86. The van der Waals surface area contributed by atoms with E-state index in [-0.39, 0.29) is 16.5 Å². The van der Waals surface area contributed by atoms with Crippen LogP contribution in [0.15, 0.2) is 30.3 Å². The van der Waals surface area contributed by atoms with Gasteiger partial charge in [-0.2, -0.15) is 0 Å². The highest BCUT2D eigenvalue weighted by atomic mass is 32.2. The van der Waals surface area contributed by atoms with E-state index in [1.165, 1.54) is 5.56 Å². The van der Waals surface area contributed by atoms with Crippen LogP contribution in [0.25, 0.3) is 0 Å². The minimum Gasteiger partial charge on any atom is -0.312 e. The second kappa shape index (κ2) is 6.92. The van der Waals surface area contributed by atoms with Crippen LogP contribution < -0.4 is 5.32 Å². The molecule has 17 heavy (non-hydrogen) atoms. The first-order chi connectivity index (χ1) is 8.11. The Labute approximate surface area is 107 Å². The van der Waals surface area contributed by atoms with Crippen LogP contribution in [0.4, 0.5) is 0 Å². The highest BCUT2D eigenvalue weighted by Crippen LogP contribution is 2.22. The van der Waals surface area contributed by atoms with Crippen LogP contribution in [0.1, 0.15) is 38.8 Å². The lowest BCUT2D eigenvalue weighted by molar-refractivity contribution is 0.565. The van der Waals surface area contributed by atoms with E-state index in [1.807, 2.05) is 25.2 Å². The second-order valence-corrected chi connectivity index (χ2v) is 6.63. The molecule has 0 aromatic heterocycles. The highest BCUT2D eigenvalue weighted by Gasteiger charge is 2.25. The summed E-state index contributed by atoms with van der Waals surface area (Å²) in [6.45, 7) is 6.22. The molecule has 1 aromatic carbocycles. The van der Waals surface area contributed by atoms with Gasteiger partial charge < -0.3 is 5.32 Å². The van der Waals surface area contributed by atoms with Gasteiger partial charge in [-0.3, -0.25) is 4.21 Å². The van der Waals surface area contributed by atoms with Crippen molar-refractivity contribution in [2.75, 3.05) is 7.05 Å². The van der Waals surface area contributed by atoms with Crippen molar-refractivity contribution in [1.29, 1.82) is 0 Å². The van der Waals surface area contributed by atoms with E-state index in [1.54, 1.807) is 0 Å². The second-order valence-electron chi connectivity index (χ2n) is 4.43. The summed E-state index contributed by atoms with van der Waals surface area (Å²) >= 11 is 0. The molecule has 1 rings (SSSR count). The maximum absolute atomic E-state index is 12.3. The first kappa shape index (κ1) is 14.4. The summed E-state index contributed by atoms with van der Waals surface area (Å²) in [7, 11) is 1.13. The molecule has 0 aliphatic rings. The van der Waals surface area contributed by atoms with Gasteiger partial charge in [0.15, 0.2) is 0 Å². The molecule has 0 radical (unpaired) electrons. The standard InChI is InChI=1S/C14H23NOS/c1-5-11(2)17(16)12(3)14(15-4)13-9-7-6-8-10-13/h6-12,14-15H,5H2,1-4H3. The van der Waals surface area contributed by atoms with Gasteiger partial charge in [-0.05, 0) is 26.0 Å². The Bertz CT molecular complexity index is 352. The fourth-order valence-electron chi connectivity index (χ4n) is 2.00. The molecule has 0 fully saturated rings. The fourth-order valence-corrected chi connectivity index (χ4v) is 3.62. The molecule has 1 aromatic rings. The largest absolute Gasteiger partial charge is 0.312 e. The Hall–Kier alpha value is -0.670. The maximum atomic E-state index is 12.3. The topological polar surface area (TPSA) is 29.1 Å². The van der Waals surface area contributed by atoms with Crippen molar-refractivity contribution in [3.8, 4) is 0 Å². The Balaban J connectivity index is 2.85. The number of hydrogen-bond acceptors (Lipinski definition) is 2. The van der Waals surface area contributed by atoms with Gasteiger partial charge in [0.25, 0.3) is 0 Å². The molecule has 4 unspecified atom stereocenters. The molecule has 0 saturated heterocycles. The van der Waals surface area contributed by atoms with Crippen LogP contribution >= 0.6 is 0 Å². The van der Waals surface area contributed by atoms with Gasteiger partial charge in [-0.25, -0.2) is 0 Å². The quantitative estimate of drug-likeness (QED) is 0.844. The average molecular weight is 253 g/mol. The summed E-state index contributed by atoms with van der Waals surface area (Å²) in [5.74, 6) is 0. The molecule has 0 bridgehead atoms. The average Bonchev–Trinajstić information content (AvgIpc) is 2.38. The van der Waals surface area contributed by atoms with Crippen LogP contribution in [0.5, 0.6) is 0 Å². The fraction of sp³-hybridized carbons (Fsp3) is 0.571. The van der Waals surface area contributed by atoms with E-state index in [2.05, 4.69) is 38.2 Å². The third-order valence-electron chi connectivity index (χ3n) is 3.28. The smallest absolute Gasteiger partial charge is 0.0517 e. The zero-order chi connectivity index (χ0) is 12.8. The number of benzene rings is 1. The predicted octanol–water partition coefficient (Wildman–Crippen LogP) is 2.88. The lowest BCUT2D eigenvalue weighted by Crippen LogP contribution is -2.34. The normalized spacial score (nSPS) is 18.4. The lowest BCUT2D eigenvalue weighted by atomic mass is 10.0. The summed E-state index contributed by atoms with van der Waals surface area (Å²) in [6.07, 6.45) is 0.960. The van der Waals surface area contributed by atoms with Crippen molar-refractivity contribution in [3.05, 3.63) is 35.9 Å². The van der Waals surface area contributed by atoms with Gasteiger partial charge in [-0.15, -0.1) is 0 Å². The van der Waals surface area contributed by atoms with Crippen molar-refractivity contribution in [2.24, 2.45) is 0 Å². The van der Waals surface area contributed by atoms with E-state index < -0.39 is 10.8 Å². The maximum Gasteiger partial charge on any atom is 0.0517 e. The summed E-state index contributed by atoms with van der Waals surface area (Å²) in [5, 5.41) is 3.66. The van der Waals surface area contributed by atoms with E-state index >= 15 is 0 Å². The zero-order valence-corrected chi connectivity index (χ0v) is 12.0. The molecule has 0 aliphatic carbocycles. The van der Waals surface area contributed by atoms with Gasteiger partial charge in [-0.1, -0.05) is 44.2 Å². The SMILES string of the molecule is CCC(C)S(=O)C(C)C(NC)c1ccccc1. The lowest BCUT2D eigenvalue weighted by Gasteiger charge is -2.25. The monoisotopic (exact) mass is 253 g/mol. The number of hydrogen-bond donors (Lipinski definition) is 1. The van der Waals surface area contributed by atoms with Crippen molar-refractivity contribution in [2.45, 2.75) is 43.7 Å². The van der Waals surface area contributed by atoms with E-state index in [0.717, 1.165) is 6.42 Å².